The van der Waals surface area contributed by atoms with Gasteiger partial charge in [-0.15, -0.1) is 0 Å². The van der Waals surface area contributed by atoms with Gasteiger partial charge in [-0.25, -0.2) is 0 Å². The fourth-order valence-electron chi connectivity index (χ4n) is 3.14. The Morgan fingerprint density at radius 2 is 1.91 bits per heavy atom. The average Bonchev–Trinajstić information content (AvgIpc) is 2.53. The van der Waals surface area contributed by atoms with Crippen molar-refractivity contribution in [2.75, 3.05) is 6.54 Å². The Kier molecular flexibility index (Phi) is 5.77. The fourth-order valence-corrected chi connectivity index (χ4v) is 3.14. The van der Waals surface area contributed by atoms with E-state index in [1.54, 1.807) is 12.1 Å². The molecule has 0 heterocycles. The molecule has 126 valence electrons. The van der Waals surface area contributed by atoms with E-state index in [4.69, 9.17) is 5.73 Å². The van der Waals surface area contributed by atoms with E-state index in [-0.39, 0.29) is 17.7 Å². The smallest absolute Gasteiger partial charge is 0.251 e. The van der Waals surface area contributed by atoms with E-state index >= 15 is 0 Å². The molecule has 23 heavy (non-hydrogen) atoms. The molecule has 2 unspecified atom stereocenters. The number of nitrogens with one attached hydrogen (secondary N) is 2. The zero-order valence-corrected chi connectivity index (χ0v) is 14.0. The molecule has 5 nitrogen and oxygen atoms in total. The lowest BCUT2D eigenvalue weighted by Crippen LogP contribution is -2.52. The lowest BCUT2D eigenvalue weighted by molar-refractivity contribution is -0.128. The third kappa shape index (κ3) is 4.55. The van der Waals surface area contributed by atoms with Crippen molar-refractivity contribution >= 4 is 11.8 Å². The Labute approximate surface area is 138 Å². The maximum Gasteiger partial charge on any atom is 0.251 e. The molecule has 1 aromatic carbocycles. The number of carbonyl (C=O) groups excluding carboxylic acids is 2. The Hall–Kier alpha value is -1.88. The second-order valence-electron chi connectivity index (χ2n) is 6.58. The van der Waals surface area contributed by atoms with Crippen LogP contribution in [-0.4, -0.2) is 23.9 Å². The monoisotopic (exact) mass is 317 g/mol. The van der Waals surface area contributed by atoms with Crippen molar-refractivity contribution in [3.05, 3.63) is 35.4 Å². The second kappa shape index (κ2) is 7.59. The normalized spacial score (nSPS) is 24.0. The molecule has 1 aliphatic rings. The van der Waals surface area contributed by atoms with Gasteiger partial charge in [0.15, 0.2) is 0 Å². The molecule has 0 aliphatic heterocycles. The topological polar surface area (TPSA) is 84.2 Å². The van der Waals surface area contributed by atoms with Gasteiger partial charge in [-0.3, -0.25) is 9.59 Å². The number of hydrogen-bond acceptors (Lipinski definition) is 3. The van der Waals surface area contributed by atoms with Crippen molar-refractivity contribution in [1.82, 2.24) is 10.6 Å². The molecule has 0 spiro atoms. The third-order valence-corrected chi connectivity index (χ3v) is 4.59. The summed E-state index contributed by atoms with van der Waals surface area (Å²) in [4.78, 5) is 24.1. The highest BCUT2D eigenvalue weighted by atomic mass is 16.2. The quantitative estimate of drug-likeness (QED) is 0.776. The molecule has 1 saturated carbocycles. The van der Waals surface area contributed by atoms with Gasteiger partial charge in [0.05, 0.1) is 5.92 Å². The van der Waals surface area contributed by atoms with Crippen LogP contribution in [0.2, 0.25) is 0 Å². The molecular formula is C18H27N3O2. The van der Waals surface area contributed by atoms with Gasteiger partial charge < -0.3 is 16.4 Å². The van der Waals surface area contributed by atoms with Gasteiger partial charge in [-0.05, 0) is 44.4 Å². The van der Waals surface area contributed by atoms with Crippen molar-refractivity contribution in [3.63, 3.8) is 0 Å². The second-order valence-corrected chi connectivity index (χ2v) is 6.58. The first-order chi connectivity index (χ1) is 10.9. The Bertz CT molecular complexity index is 552. The maximum atomic E-state index is 12.4. The highest BCUT2D eigenvalue weighted by Gasteiger charge is 2.37. The number of nitrogens with two attached hydrogens (primary N) is 1. The fraction of sp³-hybridized carbons (Fsp3) is 0.556. The molecule has 1 fully saturated rings. The highest BCUT2D eigenvalue weighted by molar-refractivity contribution is 5.94. The number of rotatable bonds is 5. The van der Waals surface area contributed by atoms with Crippen LogP contribution in [0.3, 0.4) is 0 Å². The first-order valence-electron chi connectivity index (χ1n) is 8.38. The highest BCUT2D eigenvalue weighted by Crippen LogP contribution is 2.31. The minimum Gasteiger partial charge on any atom is -0.352 e. The molecule has 0 saturated heterocycles. The average molecular weight is 317 g/mol. The van der Waals surface area contributed by atoms with Crippen LogP contribution in [0.5, 0.6) is 0 Å². The predicted molar refractivity (Wildman–Crippen MR) is 90.8 cm³/mol. The van der Waals surface area contributed by atoms with Gasteiger partial charge in [0.1, 0.15) is 0 Å². The van der Waals surface area contributed by atoms with Crippen LogP contribution in [-0.2, 0) is 11.3 Å². The first kappa shape index (κ1) is 17.5. The molecule has 1 aliphatic carbocycles. The SMILES string of the molecule is CCNC(=O)c1ccc(CNC(=O)C2CCCCC2(C)N)cc1. The molecule has 2 amide bonds. The third-order valence-electron chi connectivity index (χ3n) is 4.59. The molecule has 0 radical (unpaired) electrons. The Morgan fingerprint density at radius 3 is 2.52 bits per heavy atom. The van der Waals surface area contributed by atoms with E-state index in [9.17, 15) is 9.59 Å². The first-order valence-corrected chi connectivity index (χ1v) is 8.38. The van der Waals surface area contributed by atoms with E-state index in [0.717, 1.165) is 31.2 Å². The summed E-state index contributed by atoms with van der Waals surface area (Å²) in [7, 11) is 0. The zero-order valence-electron chi connectivity index (χ0n) is 14.0. The summed E-state index contributed by atoms with van der Waals surface area (Å²) >= 11 is 0. The minimum absolute atomic E-state index is 0.0301. The summed E-state index contributed by atoms with van der Waals surface area (Å²) in [6.07, 6.45) is 3.91. The number of benzene rings is 1. The summed E-state index contributed by atoms with van der Waals surface area (Å²) in [5.74, 6) is -0.169. The van der Waals surface area contributed by atoms with Crippen LogP contribution in [0, 0.1) is 5.92 Å². The molecule has 1 aromatic rings. The Balaban J connectivity index is 1.90. The summed E-state index contributed by atoms with van der Waals surface area (Å²) < 4.78 is 0. The number of amides is 2. The van der Waals surface area contributed by atoms with Gasteiger partial charge in [-0.1, -0.05) is 25.0 Å². The summed E-state index contributed by atoms with van der Waals surface area (Å²) in [6, 6.07) is 7.29. The number of carbonyl (C=O) groups is 2. The van der Waals surface area contributed by atoms with Gasteiger partial charge in [-0.2, -0.15) is 0 Å². The molecule has 5 heteroatoms. The molecule has 2 rings (SSSR count). The number of hydrogen-bond donors (Lipinski definition) is 3. The lowest BCUT2D eigenvalue weighted by Gasteiger charge is -2.37. The Morgan fingerprint density at radius 1 is 1.22 bits per heavy atom. The van der Waals surface area contributed by atoms with Gasteiger partial charge >= 0.3 is 0 Å². The van der Waals surface area contributed by atoms with Crippen LogP contribution < -0.4 is 16.4 Å². The van der Waals surface area contributed by atoms with Crippen molar-refractivity contribution in [3.8, 4) is 0 Å². The van der Waals surface area contributed by atoms with Crippen LogP contribution in [0.15, 0.2) is 24.3 Å². The van der Waals surface area contributed by atoms with Crippen LogP contribution >= 0.6 is 0 Å². The van der Waals surface area contributed by atoms with Crippen LogP contribution in [0.25, 0.3) is 0 Å². The molecule has 0 aromatic heterocycles. The lowest BCUT2D eigenvalue weighted by atomic mass is 9.74. The van der Waals surface area contributed by atoms with Crippen molar-refractivity contribution < 1.29 is 9.59 Å². The molecule has 4 N–H and O–H groups in total. The van der Waals surface area contributed by atoms with Crippen LogP contribution in [0.4, 0.5) is 0 Å². The van der Waals surface area contributed by atoms with Crippen LogP contribution in [0.1, 0.15) is 55.5 Å². The van der Waals surface area contributed by atoms with E-state index in [1.807, 2.05) is 26.0 Å². The summed E-state index contributed by atoms with van der Waals surface area (Å²) in [5.41, 5.74) is 7.46. The minimum atomic E-state index is -0.412. The zero-order chi connectivity index (χ0) is 16.9. The van der Waals surface area contributed by atoms with E-state index < -0.39 is 5.54 Å². The largest absolute Gasteiger partial charge is 0.352 e. The van der Waals surface area contributed by atoms with Crippen molar-refractivity contribution in [2.24, 2.45) is 11.7 Å². The van der Waals surface area contributed by atoms with Gasteiger partial charge in [0.2, 0.25) is 5.91 Å². The maximum absolute atomic E-state index is 12.4. The summed E-state index contributed by atoms with van der Waals surface area (Å²) in [5, 5.41) is 5.74. The van der Waals surface area contributed by atoms with E-state index in [1.165, 1.54) is 0 Å². The summed E-state index contributed by atoms with van der Waals surface area (Å²) in [6.45, 7) is 4.92. The van der Waals surface area contributed by atoms with Crippen molar-refractivity contribution in [1.29, 1.82) is 0 Å². The standard InChI is InChI=1S/C18H27N3O2/c1-3-20-16(22)14-9-7-13(8-10-14)12-21-17(23)15-6-4-5-11-18(15,2)19/h7-10,15H,3-6,11-12,19H2,1-2H3,(H,20,22)(H,21,23). The molecule has 2 atom stereocenters. The van der Waals surface area contributed by atoms with E-state index in [0.29, 0.717) is 18.7 Å². The van der Waals surface area contributed by atoms with Crippen molar-refractivity contribution in [2.45, 2.75) is 51.6 Å². The van der Waals surface area contributed by atoms with Gasteiger partial charge in [0, 0.05) is 24.2 Å². The predicted octanol–water partition coefficient (Wildman–Crippen LogP) is 1.96. The van der Waals surface area contributed by atoms with Gasteiger partial charge in [0.25, 0.3) is 5.91 Å². The van der Waals surface area contributed by atoms with E-state index in [2.05, 4.69) is 10.6 Å². The molecule has 0 bridgehead atoms. The molecular weight excluding hydrogens is 290 g/mol.